The van der Waals surface area contributed by atoms with E-state index < -0.39 is 0 Å². The monoisotopic (exact) mass is 292 g/mol. The first kappa shape index (κ1) is 14.4. The number of amides is 1. The van der Waals surface area contributed by atoms with Crippen molar-refractivity contribution in [3.05, 3.63) is 71.8 Å². The first-order valence-corrected chi connectivity index (χ1v) is 7.47. The second-order valence-electron chi connectivity index (χ2n) is 5.68. The minimum absolute atomic E-state index is 0.0573. The predicted molar refractivity (Wildman–Crippen MR) is 91.3 cm³/mol. The third-order valence-electron chi connectivity index (χ3n) is 4.16. The maximum atomic E-state index is 12.9. The van der Waals surface area contributed by atoms with Crippen LogP contribution in [0.15, 0.2) is 55.1 Å². The van der Waals surface area contributed by atoms with Crippen LogP contribution in [0, 0.1) is 13.8 Å². The Labute approximate surface area is 131 Å². The van der Waals surface area contributed by atoms with E-state index >= 15 is 0 Å². The molecule has 1 unspecified atom stereocenters. The number of benzene rings is 2. The maximum absolute atomic E-state index is 12.9. The van der Waals surface area contributed by atoms with Crippen molar-refractivity contribution >= 4 is 17.3 Å². The van der Waals surface area contributed by atoms with Crippen LogP contribution in [0.4, 0.5) is 11.4 Å². The highest BCUT2D eigenvalue weighted by Crippen LogP contribution is 2.38. The second-order valence-corrected chi connectivity index (χ2v) is 5.68. The molecule has 22 heavy (non-hydrogen) atoms. The SMILES string of the molecule is C=CCN1C(=O)C(c2ccccc2)Nc2cc(C)c(C)cc21. The first-order valence-electron chi connectivity index (χ1n) is 7.47. The number of carbonyl (C=O) groups is 1. The van der Waals surface area contributed by atoms with E-state index in [9.17, 15) is 4.79 Å². The third kappa shape index (κ3) is 2.39. The van der Waals surface area contributed by atoms with Crippen LogP contribution in [0.5, 0.6) is 0 Å². The summed E-state index contributed by atoms with van der Waals surface area (Å²) in [6.07, 6.45) is 1.77. The Bertz CT molecular complexity index is 722. The summed E-state index contributed by atoms with van der Waals surface area (Å²) in [5.41, 5.74) is 5.30. The average Bonchev–Trinajstić information content (AvgIpc) is 2.53. The van der Waals surface area contributed by atoms with Gasteiger partial charge in [0.25, 0.3) is 5.91 Å². The van der Waals surface area contributed by atoms with Gasteiger partial charge in [-0.05, 0) is 42.7 Å². The molecule has 2 aromatic carbocycles. The molecule has 0 saturated heterocycles. The van der Waals surface area contributed by atoms with Crippen LogP contribution in [-0.4, -0.2) is 12.5 Å². The van der Waals surface area contributed by atoms with E-state index in [0.29, 0.717) is 6.54 Å². The molecular formula is C19H20N2O. The lowest BCUT2D eigenvalue weighted by Crippen LogP contribution is -2.42. The zero-order valence-electron chi connectivity index (χ0n) is 13.0. The summed E-state index contributed by atoms with van der Waals surface area (Å²) in [5.74, 6) is 0.0573. The van der Waals surface area contributed by atoms with Crippen LogP contribution in [0.1, 0.15) is 22.7 Å². The topological polar surface area (TPSA) is 32.3 Å². The Balaban J connectivity index is 2.10. The molecule has 1 atom stereocenters. The van der Waals surface area contributed by atoms with Gasteiger partial charge in [0.15, 0.2) is 0 Å². The molecule has 1 aliphatic rings. The highest BCUT2D eigenvalue weighted by Gasteiger charge is 2.33. The standard InChI is InChI=1S/C19H20N2O/c1-4-10-21-17-12-14(3)13(2)11-16(17)20-18(19(21)22)15-8-6-5-7-9-15/h4-9,11-12,18,20H,1,10H2,2-3H3. The quantitative estimate of drug-likeness (QED) is 0.868. The summed E-state index contributed by atoms with van der Waals surface area (Å²) >= 11 is 0. The predicted octanol–water partition coefficient (Wildman–Crippen LogP) is 3.99. The zero-order chi connectivity index (χ0) is 15.7. The third-order valence-corrected chi connectivity index (χ3v) is 4.16. The lowest BCUT2D eigenvalue weighted by molar-refractivity contribution is -0.119. The zero-order valence-corrected chi connectivity index (χ0v) is 13.0. The molecule has 0 fully saturated rings. The fraction of sp³-hybridized carbons (Fsp3) is 0.211. The molecule has 2 aromatic rings. The van der Waals surface area contributed by atoms with Crippen molar-refractivity contribution in [3.63, 3.8) is 0 Å². The van der Waals surface area contributed by atoms with Crippen molar-refractivity contribution in [2.75, 3.05) is 16.8 Å². The van der Waals surface area contributed by atoms with Gasteiger partial charge in [0, 0.05) is 6.54 Å². The summed E-state index contributed by atoms with van der Waals surface area (Å²) in [5, 5.41) is 3.39. The fourth-order valence-corrected chi connectivity index (χ4v) is 2.82. The molecule has 3 nitrogen and oxygen atoms in total. The van der Waals surface area contributed by atoms with E-state index in [1.54, 1.807) is 6.08 Å². The Morgan fingerprint density at radius 3 is 2.55 bits per heavy atom. The van der Waals surface area contributed by atoms with Gasteiger partial charge < -0.3 is 10.2 Å². The number of aryl methyl sites for hydroxylation is 2. The lowest BCUT2D eigenvalue weighted by atomic mass is 9.99. The van der Waals surface area contributed by atoms with Gasteiger partial charge in [-0.1, -0.05) is 36.4 Å². The molecule has 3 rings (SSSR count). The molecule has 0 radical (unpaired) electrons. The van der Waals surface area contributed by atoms with Crippen molar-refractivity contribution < 1.29 is 4.79 Å². The normalized spacial score (nSPS) is 16.9. The molecule has 1 amide bonds. The van der Waals surface area contributed by atoms with Gasteiger partial charge in [-0.15, -0.1) is 6.58 Å². The van der Waals surface area contributed by atoms with Crippen molar-refractivity contribution in [3.8, 4) is 0 Å². The Morgan fingerprint density at radius 1 is 1.18 bits per heavy atom. The molecular weight excluding hydrogens is 272 g/mol. The van der Waals surface area contributed by atoms with Crippen LogP contribution in [0.2, 0.25) is 0 Å². The lowest BCUT2D eigenvalue weighted by Gasteiger charge is -2.35. The van der Waals surface area contributed by atoms with Crippen molar-refractivity contribution in [2.45, 2.75) is 19.9 Å². The molecule has 112 valence electrons. The van der Waals surface area contributed by atoms with Crippen LogP contribution in [0.25, 0.3) is 0 Å². The van der Waals surface area contributed by atoms with Gasteiger partial charge in [-0.3, -0.25) is 4.79 Å². The minimum atomic E-state index is -0.351. The molecule has 1 heterocycles. The minimum Gasteiger partial charge on any atom is -0.368 e. The van der Waals surface area contributed by atoms with Crippen LogP contribution >= 0.6 is 0 Å². The molecule has 3 heteroatoms. The van der Waals surface area contributed by atoms with Gasteiger partial charge in [0.1, 0.15) is 6.04 Å². The number of nitrogens with zero attached hydrogens (tertiary/aromatic N) is 1. The van der Waals surface area contributed by atoms with E-state index in [2.05, 4.69) is 37.9 Å². The van der Waals surface area contributed by atoms with Gasteiger partial charge in [0.05, 0.1) is 11.4 Å². The number of hydrogen-bond acceptors (Lipinski definition) is 2. The number of carbonyl (C=O) groups excluding carboxylic acids is 1. The maximum Gasteiger partial charge on any atom is 0.254 e. The summed E-state index contributed by atoms with van der Waals surface area (Å²) < 4.78 is 0. The largest absolute Gasteiger partial charge is 0.368 e. The summed E-state index contributed by atoms with van der Waals surface area (Å²) in [7, 11) is 0. The van der Waals surface area contributed by atoms with Crippen LogP contribution < -0.4 is 10.2 Å². The molecule has 0 spiro atoms. The second kappa shape index (κ2) is 5.68. The molecule has 0 aliphatic carbocycles. The fourth-order valence-electron chi connectivity index (χ4n) is 2.82. The first-order chi connectivity index (χ1) is 10.6. The number of anilines is 2. The molecule has 0 bridgehead atoms. The number of rotatable bonds is 3. The molecule has 1 N–H and O–H groups in total. The van der Waals surface area contributed by atoms with Crippen molar-refractivity contribution in [2.24, 2.45) is 0 Å². The van der Waals surface area contributed by atoms with E-state index in [1.165, 1.54) is 11.1 Å². The summed E-state index contributed by atoms with van der Waals surface area (Å²) in [6.45, 7) is 8.45. The van der Waals surface area contributed by atoms with Crippen LogP contribution in [0.3, 0.4) is 0 Å². The Kier molecular flexibility index (Phi) is 3.72. The van der Waals surface area contributed by atoms with Crippen molar-refractivity contribution in [1.82, 2.24) is 0 Å². The van der Waals surface area contributed by atoms with E-state index in [0.717, 1.165) is 16.9 Å². The van der Waals surface area contributed by atoms with Crippen molar-refractivity contribution in [1.29, 1.82) is 0 Å². The smallest absolute Gasteiger partial charge is 0.254 e. The van der Waals surface area contributed by atoms with E-state index in [-0.39, 0.29) is 11.9 Å². The Morgan fingerprint density at radius 2 is 1.86 bits per heavy atom. The van der Waals surface area contributed by atoms with Gasteiger partial charge in [0.2, 0.25) is 0 Å². The molecule has 0 aromatic heterocycles. The van der Waals surface area contributed by atoms with Gasteiger partial charge in [-0.25, -0.2) is 0 Å². The molecule has 0 saturated carbocycles. The number of fused-ring (bicyclic) bond motifs is 1. The number of nitrogens with one attached hydrogen (secondary N) is 1. The van der Waals surface area contributed by atoms with Crippen LogP contribution in [-0.2, 0) is 4.79 Å². The average molecular weight is 292 g/mol. The van der Waals surface area contributed by atoms with Gasteiger partial charge in [-0.2, -0.15) is 0 Å². The summed E-state index contributed by atoms with van der Waals surface area (Å²) in [6, 6.07) is 13.7. The Hall–Kier alpha value is -2.55. The molecule has 1 aliphatic heterocycles. The highest BCUT2D eigenvalue weighted by molar-refractivity contribution is 6.05. The van der Waals surface area contributed by atoms with E-state index in [4.69, 9.17) is 0 Å². The number of hydrogen-bond donors (Lipinski definition) is 1. The highest BCUT2D eigenvalue weighted by atomic mass is 16.2. The summed E-state index contributed by atoms with van der Waals surface area (Å²) in [4.78, 5) is 14.7. The van der Waals surface area contributed by atoms with E-state index in [1.807, 2.05) is 35.2 Å². The van der Waals surface area contributed by atoms with Gasteiger partial charge >= 0.3 is 0 Å².